The molecule has 2 aliphatic rings. The van der Waals surface area contributed by atoms with Crippen molar-refractivity contribution >= 4 is 33.6 Å². The van der Waals surface area contributed by atoms with Crippen molar-refractivity contribution in [3.05, 3.63) is 28.2 Å². The van der Waals surface area contributed by atoms with E-state index in [1.807, 2.05) is 30.0 Å². The molecule has 2 fully saturated rings. The van der Waals surface area contributed by atoms with Gasteiger partial charge in [-0.3, -0.25) is 4.79 Å². The first kappa shape index (κ1) is 15.3. The van der Waals surface area contributed by atoms with Crippen LogP contribution in [-0.2, 0) is 4.79 Å². The van der Waals surface area contributed by atoms with Crippen LogP contribution in [0.15, 0.2) is 22.7 Å². The number of rotatable bonds is 2. The Morgan fingerprint density at radius 3 is 2.36 bits per heavy atom. The zero-order chi connectivity index (χ0) is 15.7. The molecule has 1 aliphatic carbocycles. The largest absolute Gasteiger partial charge is 0.339 e. The Bertz CT molecular complexity index is 593. The van der Waals surface area contributed by atoms with E-state index in [9.17, 15) is 9.59 Å². The highest BCUT2D eigenvalue weighted by Crippen LogP contribution is 2.31. The fourth-order valence-electron chi connectivity index (χ4n) is 2.63. The molecule has 0 radical (unpaired) electrons. The van der Waals surface area contributed by atoms with Gasteiger partial charge in [-0.15, -0.1) is 0 Å². The van der Waals surface area contributed by atoms with Crippen molar-refractivity contribution in [3.63, 3.8) is 0 Å². The minimum atomic E-state index is -0.108. The zero-order valence-electron chi connectivity index (χ0n) is 12.6. The average Bonchev–Trinajstić information content (AvgIpc) is 3.34. The third kappa shape index (κ3) is 3.43. The van der Waals surface area contributed by atoms with Gasteiger partial charge in [0, 0.05) is 36.6 Å². The van der Waals surface area contributed by atoms with Gasteiger partial charge in [-0.05, 0) is 53.4 Å². The van der Waals surface area contributed by atoms with E-state index in [0.717, 1.165) is 28.6 Å². The molecule has 0 aromatic heterocycles. The summed E-state index contributed by atoms with van der Waals surface area (Å²) in [6, 6.07) is 5.72. The summed E-state index contributed by atoms with van der Waals surface area (Å²) in [6.07, 6.45) is 2.06. The van der Waals surface area contributed by atoms with Crippen LogP contribution in [0.1, 0.15) is 18.4 Å². The summed E-state index contributed by atoms with van der Waals surface area (Å²) in [7, 11) is 0. The van der Waals surface area contributed by atoms with Crippen LogP contribution in [0.25, 0.3) is 0 Å². The van der Waals surface area contributed by atoms with Gasteiger partial charge in [0.2, 0.25) is 5.91 Å². The fraction of sp³-hybridized carbons (Fsp3) is 0.500. The van der Waals surface area contributed by atoms with E-state index in [4.69, 9.17) is 0 Å². The first-order valence-corrected chi connectivity index (χ1v) is 8.45. The Kier molecular flexibility index (Phi) is 4.38. The second-order valence-corrected chi connectivity index (χ2v) is 6.85. The number of amides is 3. The van der Waals surface area contributed by atoms with Crippen molar-refractivity contribution in [1.29, 1.82) is 0 Å². The molecule has 1 aromatic carbocycles. The minimum absolute atomic E-state index is 0.108. The van der Waals surface area contributed by atoms with E-state index in [1.165, 1.54) is 0 Å². The standard InChI is InChI=1S/C16H20BrN3O2/c1-11-2-5-14(13(17)10-11)18-16(22)20-8-6-19(7-9-20)15(21)12-3-4-12/h2,5,10,12H,3-4,6-9H2,1H3,(H,18,22). The summed E-state index contributed by atoms with van der Waals surface area (Å²) in [5.41, 5.74) is 1.91. The number of hydrogen-bond acceptors (Lipinski definition) is 2. The lowest BCUT2D eigenvalue weighted by Crippen LogP contribution is -2.52. The lowest BCUT2D eigenvalue weighted by atomic mass is 10.2. The van der Waals surface area contributed by atoms with Crippen molar-refractivity contribution < 1.29 is 9.59 Å². The molecule has 1 aromatic rings. The molecule has 1 saturated carbocycles. The Morgan fingerprint density at radius 2 is 1.77 bits per heavy atom. The molecular weight excluding hydrogens is 346 g/mol. The highest BCUT2D eigenvalue weighted by atomic mass is 79.9. The molecule has 6 heteroatoms. The molecule has 3 rings (SSSR count). The van der Waals surface area contributed by atoms with E-state index in [2.05, 4.69) is 21.2 Å². The lowest BCUT2D eigenvalue weighted by Gasteiger charge is -2.34. The SMILES string of the molecule is Cc1ccc(NC(=O)N2CCN(C(=O)C3CC3)CC2)c(Br)c1. The van der Waals surface area contributed by atoms with Crippen molar-refractivity contribution in [2.24, 2.45) is 5.92 Å². The van der Waals surface area contributed by atoms with Gasteiger partial charge in [0.05, 0.1) is 5.69 Å². The molecule has 1 N–H and O–H groups in total. The maximum atomic E-state index is 12.3. The van der Waals surface area contributed by atoms with Gasteiger partial charge in [0.15, 0.2) is 0 Å². The summed E-state index contributed by atoms with van der Waals surface area (Å²) in [5.74, 6) is 0.519. The molecule has 0 atom stereocenters. The minimum Gasteiger partial charge on any atom is -0.339 e. The van der Waals surface area contributed by atoms with Gasteiger partial charge in [-0.1, -0.05) is 6.07 Å². The van der Waals surface area contributed by atoms with Crippen LogP contribution in [0.3, 0.4) is 0 Å². The number of carbonyl (C=O) groups is 2. The molecule has 3 amide bonds. The number of aryl methyl sites for hydroxylation is 1. The predicted octanol–water partition coefficient (Wildman–Crippen LogP) is 2.84. The summed E-state index contributed by atoms with van der Waals surface area (Å²) < 4.78 is 0.878. The van der Waals surface area contributed by atoms with Gasteiger partial charge in [-0.25, -0.2) is 4.79 Å². The molecule has 118 valence electrons. The van der Waals surface area contributed by atoms with Crippen molar-refractivity contribution in [2.75, 3.05) is 31.5 Å². The number of anilines is 1. The van der Waals surface area contributed by atoms with Crippen LogP contribution in [0.4, 0.5) is 10.5 Å². The maximum absolute atomic E-state index is 12.3. The Morgan fingerprint density at radius 1 is 1.14 bits per heavy atom. The molecule has 0 bridgehead atoms. The summed E-state index contributed by atoms with van der Waals surface area (Å²) in [5, 5.41) is 2.92. The van der Waals surface area contributed by atoms with Crippen LogP contribution in [0.2, 0.25) is 0 Å². The number of benzene rings is 1. The quantitative estimate of drug-likeness (QED) is 0.875. The van der Waals surface area contributed by atoms with E-state index in [-0.39, 0.29) is 17.9 Å². The number of carbonyl (C=O) groups excluding carboxylic acids is 2. The fourth-order valence-corrected chi connectivity index (χ4v) is 3.23. The average molecular weight is 366 g/mol. The van der Waals surface area contributed by atoms with Crippen LogP contribution in [0.5, 0.6) is 0 Å². The number of halogens is 1. The Balaban J connectivity index is 1.54. The normalized spacial score (nSPS) is 18.3. The van der Waals surface area contributed by atoms with E-state index in [0.29, 0.717) is 26.2 Å². The van der Waals surface area contributed by atoms with Gasteiger partial charge in [-0.2, -0.15) is 0 Å². The Labute approximate surface area is 138 Å². The van der Waals surface area contributed by atoms with E-state index in [1.54, 1.807) is 4.90 Å². The van der Waals surface area contributed by atoms with Crippen LogP contribution in [0, 0.1) is 12.8 Å². The van der Waals surface area contributed by atoms with Gasteiger partial charge >= 0.3 is 6.03 Å². The summed E-state index contributed by atoms with van der Waals surface area (Å²) in [4.78, 5) is 28.0. The topological polar surface area (TPSA) is 52.7 Å². The van der Waals surface area contributed by atoms with Gasteiger partial charge in [0.1, 0.15) is 0 Å². The first-order valence-electron chi connectivity index (χ1n) is 7.65. The van der Waals surface area contributed by atoms with Crippen molar-refractivity contribution in [3.8, 4) is 0 Å². The summed E-state index contributed by atoms with van der Waals surface area (Å²) in [6.45, 7) is 4.46. The maximum Gasteiger partial charge on any atom is 0.321 e. The summed E-state index contributed by atoms with van der Waals surface area (Å²) >= 11 is 3.46. The molecule has 1 aliphatic heterocycles. The smallest absolute Gasteiger partial charge is 0.321 e. The monoisotopic (exact) mass is 365 g/mol. The second-order valence-electron chi connectivity index (χ2n) is 6.00. The second kappa shape index (κ2) is 6.28. The van der Waals surface area contributed by atoms with Crippen LogP contribution < -0.4 is 5.32 Å². The highest BCUT2D eigenvalue weighted by Gasteiger charge is 2.35. The molecule has 5 nitrogen and oxygen atoms in total. The molecule has 0 spiro atoms. The van der Waals surface area contributed by atoms with Crippen molar-refractivity contribution in [1.82, 2.24) is 9.80 Å². The van der Waals surface area contributed by atoms with Crippen LogP contribution >= 0.6 is 15.9 Å². The van der Waals surface area contributed by atoms with E-state index >= 15 is 0 Å². The number of nitrogens with one attached hydrogen (secondary N) is 1. The zero-order valence-corrected chi connectivity index (χ0v) is 14.2. The van der Waals surface area contributed by atoms with Gasteiger partial charge < -0.3 is 15.1 Å². The number of nitrogens with zero attached hydrogens (tertiary/aromatic N) is 2. The van der Waals surface area contributed by atoms with E-state index < -0.39 is 0 Å². The molecule has 22 heavy (non-hydrogen) atoms. The lowest BCUT2D eigenvalue weighted by molar-refractivity contribution is -0.133. The molecule has 0 unspecified atom stereocenters. The van der Waals surface area contributed by atoms with Gasteiger partial charge in [0.25, 0.3) is 0 Å². The number of hydrogen-bond donors (Lipinski definition) is 1. The number of urea groups is 1. The van der Waals surface area contributed by atoms with Crippen LogP contribution in [-0.4, -0.2) is 47.9 Å². The molecule has 1 saturated heterocycles. The molecule has 1 heterocycles. The highest BCUT2D eigenvalue weighted by molar-refractivity contribution is 9.10. The third-order valence-electron chi connectivity index (χ3n) is 4.17. The van der Waals surface area contributed by atoms with Crippen molar-refractivity contribution in [2.45, 2.75) is 19.8 Å². The first-order chi connectivity index (χ1) is 10.5. The number of piperazine rings is 1. The third-order valence-corrected chi connectivity index (χ3v) is 4.83. The predicted molar refractivity (Wildman–Crippen MR) is 88.8 cm³/mol. The molecular formula is C16H20BrN3O2. The Hall–Kier alpha value is -1.56.